The Morgan fingerprint density at radius 2 is 1.25 bits per heavy atom. The van der Waals surface area contributed by atoms with E-state index >= 15 is 0 Å². The molecule has 0 amide bonds. The second-order valence-corrected chi connectivity index (χ2v) is 11.4. The fourth-order valence-electron chi connectivity index (χ4n) is 5.88. The van der Waals surface area contributed by atoms with Crippen LogP contribution in [0.5, 0.6) is 0 Å². The maximum Gasteiger partial charge on any atom is 0.137 e. The Hall–Kier alpha value is -4.86. The van der Waals surface area contributed by atoms with Gasteiger partial charge in [-0.05, 0) is 72.6 Å². The first-order valence-electron chi connectivity index (χ1n) is 13.5. The van der Waals surface area contributed by atoms with Gasteiger partial charge in [-0.2, -0.15) is 0 Å². The van der Waals surface area contributed by atoms with Crippen LogP contribution in [0.4, 0.5) is 17.1 Å². The summed E-state index contributed by atoms with van der Waals surface area (Å²) in [5.74, 6) is 0. The SMILES string of the molecule is Cc1cccc(-c2cccc(N(c3ccccc3)c3ccc4c(c3)oc3ccc5sc6ccccc6c5c34)c2)c1. The largest absolute Gasteiger partial charge is 0.456 e. The molecule has 2 nitrogen and oxygen atoms in total. The molecule has 8 rings (SSSR count). The van der Waals surface area contributed by atoms with Crippen LogP contribution in [0.15, 0.2) is 138 Å². The Balaban J connectivity index is 1.33. The molecule has 0 radical (unpaired) electrons. The number of para-hydroxylation sites is 1. The van der Waals surface area contributed by atoms with Crippen LogP contribution >= 0.6 is 11.3 Å². The number of thiophene rings is 1. The molecule has 190 valence electrons. The summed E-state index contributed by atoms with van der Waals surface area (Å²) in [5.41, 5.74) is 8.75. The molecule has 0 spiro atoms. The minimum atomic E-state index is 0.894. The van der Waals surface area contributed by atoms with Gasteiger partial charge in [0.15, 0.2) is 0 Å². The van der Waals surface area contributed by atoms with Crippen LogP contribution < -0.4 is 4.90 Å². The molecule has 0 aliphatic rings. The van der Waals surface area contributed by atoms with E-state index in [1.807, 2.05) is 11.3 Å². The molecule has 0 fully saturated rings. The highest BCUT2D eigenvalue weighted by Gasteiger charge is 2.18. The van der Waals surface area contributed by atoms with Gasteiger partial charge in [-0.25, -0.2) is 0 Å². The maximum absolute atomic E-state index is 6.53. The Morgan fingerprint density at radius 3 is 2.12 bits per heavy atom. The van der Waals surface area contributed by atoms with Crippen LogP contribution in [-0.4, -0.2) is 0 Å². The van der Waals surface area contributed by atoms with E-state index in [9.17, 15) is 0 Å². The van der Waals surface area contributed by atoms with Crippen LogP contribution in [0.2, 0.25) is 0 Å². The van der Waals surface area contributed by atoms with E-state index < -0.39 is 0 Å². The van der Waals surface area contributed by atoms with E-state index in [1.54, 1.807) is 0 Å². The molecule has 6 aromatic carbocycles. The zero-order valence-electron chi connectivity index (χ0n) is 22.0. The van der Waals surface area contributed by atoms with Crippen molar-refractivity contribution in [3.8, 4) is 11.1 Å². The summed E-state index contributed by atoms with van der Waals surface area (Å²) in [6, 6.07) is 47.6. The number of furan rings is 1. The van der Waals surface area contributed by atoms with E-state index in [1.165, 1.54) is 42.2 Å². The summed E-state index contributed by atoms with van der Waals surface area (Å²) in [6.45, 7) is 2.14. The molecule has 0 saturated carbocycles. The lowest BCUT2D eigenvalue weighted by Crippen LogP contribution is -2.09. The highest BCUT2D eigenvalue weighted by Crippen LogP contribution is 2.44. The summed E-state index contributed by atoms with van der Waals surface area (Å²) < 4.78 is 9.12. The molecule has 0 bridgehead atoms. The van der Waals surface area contributed by atoms with Crippen molar-refractivity contribution in [1.82, 2.24) is 0 Å². The first-order valence-corrected chi connectivity index (χ1v) is 14.3. The van der Waals surface area contributed by atoms with Crippen LogP contribution in [-0.2, 0) is 0 Å². The molecule has 0 aliphatic heterocycles. The second kappa shape index (κ2) is 9.11. The highest BCUT2D eigenvalue weighted by molar-refractivity contribution is 7.26. The molecule has 0 N–H and O–H groups in total. The van der Waals surface area contributed by atoms with Crippen molar-refractivity contribution in [2.24, 2.45) is 0 Å². The van der Waals surface area contributed by atoms with Crippen molar-refractivity contribution >= 4 is 70.5 Å². The average molecular weight is 532 g/mol. The van der Waals surface area contributed by atoms with Crippen LogP contribution in [0, 0.1) is 6.92 Å². The number of fused-ring (bicyclic) bond motifs is 7. The molecule has 0 unspecified atom stereocenters. The molecule has 3 heteroatoms. The normalized spacial score (nSPS) is 11.6. The summed E-state index contributed by atoms with van der Waals surface area (Å²) in [6.07, 6.45) is 0. The van der Waals surface area contributed by atoms with Crippen LogP contribution in [0.1, 0.15) is 5.56 Å². The topological polar surface area (TPSA) is 16.4 Å². The van der Waals surface area contributed by atoms with Gasteiger partial charge in [-0.15, -0.1) is 11.3 Å². The first kappa shape index (κ1) is 23.1. The third-order valence-corrected chi connectivity index (χ3v) is 8.82. The van der Waals surface area contributed by atoms with E-state index in [2.05, 4.69) is 145 Å². The van der Waals surface area contributed by atoms with Crippen LogP contribution in [0.3, 0.4) is 0 Å². The lowest BCUT2D eigenvalue weighted by molar-refractivity contribution is 0.669. The second-order valence-electron chi connectivity index (χ2n) is 10.3. The van der Waals surface area contributed by atoms with Crippen molar-refractivity contribution in [3.05, 3.63) is 139 Å². The quantitative estimate of drug-likeness (QED) is 0.224. The monoisotopic (exact) mass is 531 g/mol. The van der Waals surface area contributed by atoms with E-state index in [4.69, 9.17) is 4.42 Å². The highest BCUT2D eigenvalue weighted by atomic mass is 32.1. The molecule has 8 aromatic rings. The van der Waals surface area contributed by atoms with Gasteiger partial charge in [0.05, 0.1) is 0 Å². The minimum absolute atomic E-state index is 0.894. The van der Waals surface area contributed by atoms with Gasteiger partial charge < -0.3 is 9.32 Å². The molecule has 0 aliphatic carbocycles. The van der Waals surface area contributed by atoms with Gasteiger partial charge in [-0.3, -0.25) is 0 Å². The maximum atomic E-state index is 6.53. The molecule has 2 aromatic heterocycles. The number of benzene rings is 6. The molecule has 0 saturated heterocycles. The predicted molar refractivity (Wildman–Crippen MR) is 171 cm³/mol. The number of rotatable bonds is 4. The molecule has 2 heterocycles. The Morgan fingerprint density at radius 1 is 0.500 bits per heavy atom. The number of hydrogen-bond donors (Lipinski definition) is 0. The number of aryl methyl sites for hydroxylation is 1. The van der Waals surface area contributed by atoms with Gasteiger partial charge in [0.1, 0.15) is 11.2 Å². The predicted octanol–water partition coefficient (Wildman–Crippen LogP) is 11.4. The molecular formula is C37H25NOS. The van der Waals surface area contributed by atoms with Gasteiger partial charge in [0.2, 0.25) is 0 Å². The first-order chi connectivity index (χ1) is 19.7. The van der Waals surface area contributed by atoms with Crippen molar-refractivity contribution in [3.63, 3.8) is 0 Å². The van der Waals surface area contributed by atoms with E-state index in [-0.39, 0.29) is 0 Å². The smallest absolute Gasteiger partial charge is 0.137 e. The van der Waals surface area contributed by atoms with E-state index in [0.29, 0.717) is 0 Å². The number of anilines is 3. The summed E-state index contributed by atoms with van der Waals surface area (Å²) >= 11 is 1.84. The van der Waals surface area contributed by atoms with Crippen molar-refractivity contribution < 1.29 is 4.42 Å². The zero-order valence-corrected chi connectivity index (χ0v) is 22.8. The number of nitrogens with zero attached hydrogens (tertiary/aromatic N) is 1. The Bertz CT molecular complexity index is 2190. The summed E-state index contributed by atoms with van der Waals surface area (Å²) in [7, 11) is 0. The Kier molecular flexibility index (Phi) is 5.26. The fraction of sp³-hybridized carbons (Fsp3) is 0.0270. The zero-order chi connectivity index (χ0) is 26.6. The van der Waals surface area contributed by atoms with Crippen molar-refractivity contribution in [2.45, 2.75) is 6.92 Å². The minimum Gasteiger partial charge on any atom is -0.456 e. The lowest BCUT2D eigenvalue weighted by atomic mass is 10.0. The summed E-state index contributed by atoms with van der Waals surface area (Å²) in [4.78, 5) is 2.31. The fourth-order valence-corrected chi connectivity index (χ4v) is 7.00. The van der Waals surface area contributed by atoms with Crippen LogP contribution in [0.25, 0.3) is 53.2 Å². The third kappa shape index (κ3) is 3.70. The number of hydrogen-bond acceptors (Lipinski definition) is 3. The van der Waals surface area contributed by atoms with Gasteiger partial charge in [0.25, 0.3) is 0 Å². The summed E-state index contributed by atoms with van der Waals surface area (Å²) in [5, 5.41) is 4.92. The van der Waals surface area contributed by atoms with Gasteiger partial charge in [-0.1, -0.05) is 78.4 Å². The average Bonchev–Trinajstić information content (AvgIpc) is 3.56. The standard InChI is InChI=1S/C37H25NOS/c1-24-9-7-10-25(21-24)26-11-8-14-28(22-26)38(27-12-3-2-4-13-27)29-17-18-30-33(23-29)39-32-19-20-35-37(36(30)32)31-15-5-6-16-34(31)40-35/h2-23H,1H3. The molecule has 0 atom stereocenters. The van der Waals surface area contributed by atoms with Crippen molar-refractivity contribution in [1.29, 1.82) is 0 Å². The van der Waals surface area contributed by atoms with Crippen molar-refractivity contribution in [2.75, 3.05) is 4.90 Å². The van der Waals surface area contributed by atoms with E-state index in [0.717, 1.165) is 33.6 Å². The van der Waals surface area contributed by atoms with Gasteiger partial charge in [0, 0.05) is 54.1 Å². The van der Waals surface area contributed by atoms with Gasteiger partial charge >= 0.3 is 0 Å². The Labute approximate surface area is 236 Å². The lowest BCUT2D eigenvalue weighted by Gasteiger charge is -2.26. The molecular weight excluding hydrogens is 506 g/mol. The third-order valence-electron chi connectivity index (χ3n) is 7.69. The molecule has 40 heavy (non-hydrogen) atoms.